The minimum absolute atomic E-state index is 0.0852. The molecule has 0 saturated carbocycles. The zero-order valence-corrected chi connectivity index (χ0v) is 9.35. The summed E-state index contributed by atoms with van der Waals surface area (Å²) >= 11 is 0. The van der Waals surface area contributed by atoms with E-state index in [4.69, 9.17) is 0 Å². The first kappa shape index (κ1) is 13.9. The third kappa shape index (κ3) is 2.39. The number of aromatic nitrogens is 3. The van der Waals surface area contributed by atoms with Crippen LogP contribution in [0.3, 0.4) is 0 Å². The molecular weight excluding hydrogens is 245 g/mol. The summed E-state index contributed by atoms with van der Waals surface area (Å²) in [6, 6.07) is 0. The first-order chi connectivity index (χ1) is 7.75. The molecule has 17 heavy (non-hydrogen) atoms. The van der Waals surface area contributed by atoms with Gasteiger partial charge in [-0.05, 0) is 13.3 Å². The molecule has 8 heteroatoms. The summed E-state index contributed by atoms with van der Waals surface area (Å²) in [4.78, 5) is 0. The zero-order valence-electron chi connectivity index (χ0n) is 9.35. The van der Waals surface area contributed by atoms with Gasteiger partial charge < -0.3 is 0 Å². The second-order valence-corrected chi connectivity index (χ2v) is 3.52. The van der Waals surface area contributed by atoms with Gasteiger partial charge in [-0.1, -0.05) is 18.6 Å². The fourth-order valence-electron chi connectivity index (χ4n) is 1.45. The van der Waals surface area contributed by atoms with Crippen molar-refractivity contribution < 1.29 is 22.0 Å². The third-order valence-corrected chi connectivity index (χ3v) is 2.28. The second kappa shape index (κ2) is 4.58. The Morgan fingerprint density at radius 2 is 1.71 bits per heavy atom. The fourth-order valence-corrected chi connectivity index (χ4v) is 1.45. The van der Waals surface area contributed by atoms with E-state index in [2.05, 4.69) is 10.3 Å². The quantitative estimate of drug-likeness (QED) is 0.776. The van der Waals surface area contributed by atoms with Gasteiger partial charge in [0.25, 0.3) is 0 Å². The molecule has 0 aromatic carbocycles. The van der Waals surface area contributed by atoms with Gasteiger partial charge in [0.15, 0.2) is 5.69 Å². The van der Waals surface area contributed by atoms with E-state index in [1.54, 1.807) is 13.8 Å². The Kier molecular flexibility index (Phi) is 3.73. The minimum atomic E-state index is -5.65. The van der Waals surface area contributed by atoms with Gasteiger partial charge in [-0.2, -0.15) is 22.0 Å². The van der Waals surface area contributed by atoms with Crippen molar-refractivity contribution in [2.75, 3.05) is 0 Å². The molecule has 0 aliphatic heterocycles. The van der Waals surface area contributed by atoms with E-state index in [-0.39, 0.29) is 18.7 Å². The van der Waals surface area contributed by atoms with E-state index in [0.29, 0.717) is 6.42 Å². The lowest BCUT2D eigenvalue weighted by molar-refractivity contribution is -0.291. The van der Waals surface area contributed by atoms with Gasteiger partial charge in [0.05, 0.1) is 5.69 Å². The largest absolute Gasteiger partial charge is 0.459 e. The molecule has 0 unspecified atom stereocenters. The predicted octanol–water partition coefficient (Wildman–Crippen LogP) is 2.90. The van der Waals surface area contributed by atoms with Gasteiger partial charge in [-0.3, -0.25) is 0 Å². The van der Waals surface area contributed by atoms with E-state index in [1.165, 1.54) is 0 Å². The summed E-state index contributed by atoms with van der Waals surface area (Å²) in [7, 11) is 0. The summed E-state index contributed by atoms with van der Waals surface area (Å²) in [5.41, 5.74) is -1.44. The molecule has 0 aliphatic rings. The average Bonchev–Trinajstić information content (AvgIpc) is 2.60. The monoisotopic (exact) mass is 257 g/mol. The number of alkyl halides is 5. The molecular formula is C9H12F5N3. The maximum atomic E-state index is 13.2. The van der Waals surface area contributed by atoms with Crippen LogP contribution >= 0.6 is 0 Å². The Hall–Kier alpha value is -1.21. The zero-order chi connectivity index (χ0) is 13.3. The summed E-state index contributed by atoms with van der Waals surface area (Å²) in [5.74, 6) is -4.95. The molecule has 1 heterocycles. The van der Waals surface area contributed by atoms with Crippen molar-refractivity contribution in [3.8, 4) is 0 Å². The van der Waals surface area contributed by atoms with Crippen molar-refractivity contribution >= 4 is 0 Å². The number of hydrogen-bond acceptors (Lipinski definition) is 2. The summed E-state index contributed by atoms with van der Waals surface area (Å²) in [6.07, 6.45) is -5.12. The fraction of sp³-hybridized carbons (Fsp3) is 0.778. The van der Waals surface area contributed by atoms with Gasteiger partial charge in [-0.15, -0.1) is 5.10 Å². The number of aryl methyl sites for hydroxylation is 1. The lowest BCUT2D eigenvalue weighted by Crippen LogP contribution is -2.35. The number of hydrogen-bond donors (Lipinski definition) is 0. The van der Waals surface area contributed by atoms with Crippen molar-refractivity contribution in [1.29, 1.82) is 0 Å². The van der Waals surface area contributed by atoms with Crippen molar-refractivity contribution in [1.82, 2.24) is 15.0 Å². The van der Waals surface area contributed by atoms with Gasteiger partial charge >= 0.3 is 12.1 Å². The molecule has 98 valence electrons. The topological polar surface area (TPSA) is 30.7 Å². The van der Waals surface area contributed by atoms with Crippen LogP contribution in [-0.2, 0) is 18.9 Å². The molecule has 3 nitrogen and oxygen atoms in total. The SMILES string of the molecule is CCCc1c(C(F)(F)C(F)(F)F)nnn1CC. The van der Waals surface area contributed by atoms with E-state index >= 15 is 0 Å². The molecule has 0 spiro atoms. The number of rotatable bonds is 4. The summed E-state index contributed by atoms with van der Waals surface area (Å²) in [6.45, 7) is 3.49. The van der Waals surface area contributed by atoms with Crippen LogP contribution in [0.4, 0.5) is 22.0 Å². The standard InChI is InChI=1S/C9H12F5N3/c1-3-5-6-7(15-16-17(6)4-2)8(10,11)9(12,13)14/h3-5H2,1-2H3. The van der Waals surface area contributed by atoms with E-state index in [9.17, 15) is 22.0 Å². The Balaban J connectivity index is 3.26. The van der Waals surface area contributed by atoms with Gasteiger partial charge in [0, 0.05) is 6.54 Å². The molecule has 1 aromatic heterocycles. The van der Waals surface area contributed by atoms with Crippen LogP contribution in [-0.4, -0.2) is 21.2 Å². The molecule has 0 fully saturated rings. The Bertz CT molecular complexity index is 382. The highest BCUT2D eigenvalue weighted by atomic mass is 19.4. The highest BCUT2D eigenvalue weighted by Crippen LogP contribution is 2.44. The molecule has 0 atom stereocenters. The van der Waals surface area contributed by atoms with Gasteiger partial charge in [0.1, 0.15) is 0 Å². The van der Waals surface area contributed by atoms with Crippen LogP contribution in [0.2, 0.25) is 0 Å². The Morgan fingerprint density at radius 3 is 2.12 bits per heavy atom. The number of nitrogens with zero attached hydrogens (tertiary/aromatic N) is 3. The first-order valence-electron chi connectivity index (χ1n) is 5.13. The average molecular weight is 257 g/mol. The van der Waals surface area contributed by atoms with Crippen molar-refractivity contribution in [2.24, 2.45) is 0 Å². The third-order valence-electron chi connectivity index (χ3n) is 2.28. The van der Waals surface area contributed by atoms with Gasteiger partial charge in [-0.25, -0.2) is 4.68 Å². The normalized spacial score (nSPS) is 13.1. The van der Waals surface area contributed by atoms with Crippen molar-refractivity contribution in [3.63, 3.8) is 0 Å². The lowest BCUT2D eigenvalue weighted by atomic mass is 10.1. The first-order valence-corrected chi connectivity index (χ1v) is 5.13. The van der Waals surface area contributed by atoms with Crippen LogP contribution in [0, 0.1) is 0 Å². The van der Waals surface area contributed by atoms with Crippen LogP contribution in [0.25, 0.3) is 0 Å². The Labute approximate surface area is 94.6 Å². The highest BCUT2D eigenvalue weighted by Gasteiger charge is 2.61. The molecule has 0 aliphatic carbocycles. The highest BCUT2D eigenvalue weighted by molar-refractivity contribution is 5.18. The van der Waals surface area contributed by atoms with Crippen molar-refractivity contribution in [2.45, 2.75) is 45.3 Å². The molecule has 0 saturated heterocycles. The van der Waals surface area contributed by atoms with Crippen LogP contribution in [0.1, 0.15) is 31.7 Å². The molecule has 0 radical (unpaired) electrons. The molecule has 0 N–H and O–H groups in total. The number of halogens is 5. The molecule has 1 rings (SSSR count). The maximum Gasteiger partial charge on any atom is 0.459 e. The van der Waals surface area contributed by atoms with Crippen LogP contribution in [0.15, 0.2) is 0 Å². The van der Waals surface area contributed by atoms with E-state index < -0.39 is 17.8 Å². The van der Waals surface area contributed by atoms with E-state index in [1.807, 2.05) is 0 Å². The molecule has 0 bridgehead atoms. The molecule has 1 aromatic rings. The Morgan fingerprint density at radius 1 is 1.12 bits per heavy atom. The second-order valence-electron chi connectivity index (χ2n) is 3.52. The maximum absolute atomic E-state index is 13.2. The van der Waals surface area contributed by atoms with Crippen molar-refractivity contribution in [3.05, 3.63) is 11.4 Å². The van der Waals surface area contributed by atoms with E-state index in [0.717, 1.165) is 4.68 Å². The van der Waals surface area contributed by atoms with Gasteiger partial charge in [0.2, 0.25) is 0 Å². The molecule has 0 amide bonds. The summed E-state index contributed by atoms with van der Waals surface area (Å²) in [5, 5.41) is 6.31. The smallest absolute Gasteiger partial charge is 0.249 e. The van der Waals surface area contributed by atoms with Crippen LogP contribution in [0.5, 0.6) is 0 Å². The predicted molar refractivity (Wildman–Crippen MR) is 49.6 cm³/mol. The van der Waals surface area contributed by atoms with Crippen LogP contribution < -0.4 is 0 Å². The minimum Gasteiger partial charge on any atom is -0.249 e. The lowest BCUT2D eigenvalue weighted by Gasteiger charge is -2.18. The summed E-state index contributed by atoms with van der Waals surface area (Å²) < 4.78 is 64.1.